The summed E-state index contributed by atoms with van der Waals surface area (Å²) in [6.07, 6.45) is 4.32. The standard InChI is InChI=1S/C14H13NO/c1-11(16)14-5-3-2-4-13(14)10-12-6-8-15-9-7-12/h2-9H,10H2,1H3. The normalized spacial score (nSPS) is 10.1. The molecule has 2 heteroatoms. The number of rotatable bonds is 3. The first kappa shape index (κ1) is 10.6. The van der Waals surface area contributed by atoms with Crippen molar-refractivity contribution in [1.82, 2.24) is 4.98 Å². The molecule has 0 bridgehead atoms. The average molecular weight is 211 g/mol. The van der Waals surface area contributed by atoms with Gasteiger partial charge in [0.2, 0.25) is 0 Å². The first-order chi connectivity index (χ1) is 7.77. The van der Waals surface area contributed by atoms with Crippen LogP contribution in [0.2, 0.25) is 0 Å². The quantitative estimate of drug-likeness (QED) is 0.731. The van der Waals surface area contributed by atoms with Gasteiger partial charge in [-0.3, -0.25) is 9.78 Å². The zero-order valence-electron chi connectivity index (χ0n) is 9.18. The Morgan fingerprint density at radius 2 is 1.81 bits per heavy atom. The van der Waals surface area contributed by atoms with Crippen molar-refractivity contribution in [2.75, 3.05) is 0 Å². The molecular formula is C14H13NO. The minimum atomic E-state index is 0.115. The summed E-state index contributed by atoms with van der Waals surface area (Å²) in [6.45, 7) is 1.60. The van der Waals surface area contributed by atoms with Gasteiger partial charge in [-0.15, -0.1) is 0 Å². The van der Waals surface area contributed by atoms with E-state index in [4.69, 9.17) is 0 Å². The number of ketones is 1. The minimum absolute atomic E-state index is 0.115. The molecule has 2 rings (SSSR count). The highest BCUT2D eigenvalue weighted by Gasteiger charge is 2.06. The maximum atomic E-state index is 11.4. The fraction of sp³-hybridized carbons (Fsp3) is 0.143. The van der Waals surface area contributed by atoms with Gasteiger partial charge in [-0.25, -0.2) is 0 Å². The lowest BCUT2D eigenvalue weighted by atomic mass is 9.98. The Balaban J connectivity index is 2.31. The van der Waals surface area contributed by atoms with E-state index in [1.807, 2.05) is 36.4 Å². The van der Waals surface area contributed by atoms with Crippen LogP contribution in [0.15, 0.2) is 48.8 Å². The molecule has 80 valence electrons. The summed E-state index contributed by atoms with van der Waals surface area (Å²) in [5.74, 6) is 0.115. The number of carbonyl (C=O) groups is 1. The zero-order chi connectivity index (χ0) is 11.4. The van der Waals surface area contributed by atoms with E-state index in [0.717, 1.165) is 17.5 Å². The van der Waals surface area contributed by atoms with Crippen LogP contribution >= 0.6 is 0 Å². The highest BCUT2D eigenvalue weighted by molar-refractivity contribution is 5.95. The van der Waals surface area contributed by atoms with Crippen LogP contribution in [0.3, 0.4) is 0 Å². The number of aromatic nitrogens is 1. The second-order valence-electron chi connectivity index (χ2n) is 3.75. The second-order valence-corrected chi connectivity index (χ2v) is 3.75. The van der Waals surface area contributed by atoms with E-state index in [2.05, 4.69) is 4.98 Å². The van der Waals surface area contributed by atoms with E-state index in [1.165, 1.54) is 5.56 Å². The molecule has 0 amide bonds. The third-order valence-electron chi connectivity index (χ3n) is 2.54. The van der Waals surface area contributed by atoms with E-state index in [9.17, 15) is 4.79 Å². The third-order valence-corrected chi connectivity index (χ3v) is 2.54. The molecular weight excluding hydrogens is 198 g/mol. The number of pyridine rings is 1. The molecule has 1 aromatic heterocycles. The molecule has 0 unspecified atom stereocenters. The minimum Gasteiger partial charge on any atom is -0.295 e. The molecule has 2 nitrogen and oxygen atoms in total. The third kappa shape index (κ3) is 2.34. The molecule has 1 aromatic carbocycles. The molecule has 1 heterocycles. The molecule has 2 aromatic rings. The predicted molar refractivity (Wildman–Crippen MR) is 63.5 cm³/mol. The molecule has 0 aliphatic carbocycles. The maximum absolute atomic E-state index is 11.4. The Labute approximate surface area is 95.0 Å². The van der Waals surface area contributed by atoms with Crippen molar-refractivity contribution in [2.24, 2.45) is 0 Å². The van der Waals surface area contributed by atoms with Gasteiger partial charge in [0.1, 0.15) is 0 Å². The van der Waals surface area contributed by atoms with E-state index in [0.29, 0.717) is 0 Å². The molecule has 0 saturated heterocycles. The van der Waals surface area contributed by atoms with Crippen LogP contribution in [-0.2, 0) is 6.42 Å². The smallest absolute Gasteiger partial charge is 0.160 e. The first-order valence-electron chi connectivity index (χ1n) is 5.25. The summed E-state index contributed by atoms with van der Waals surface area (Å²) >= 11 is 0. The predicted octanol–water partition coefficient (Wildman–Crippen LogP) is 2.88. The summed E-state index contributed by atoms with van der Waals surface area (Å²) < 4.78 is 0. The van der Waals surface area contributed by atoms with Crippen molar-refractivity contribution >= 4 is 5.78 Å². The van der Waals surface area contributed by atoms with Crippen LogP contribution in [-0.4, -0.2) is 10.8 Å². The van der Waals surface area contributed by atoms with Crippen molar-refractivity contribution in [3.8, 4) is 0 Å². The van der Waals surface area contributed by atoms with Crippen LogP contribution in [0.5, 0.6) is 0 Å². The van der Waals surface area contributed by atoms with E-state index in [1.54, 1.807) is 19.3 Å². The highest BCUT2D eigenvalue weighted by atomic mass is 16.1. The number of carbonyl (C=O) groups excluding carboxylic acids is 1. The molecule has 0 saturated carbocycles. The van der Waals surface area contributed by atoms with Crippen LogP contribution < -0.4 is 0 Å². The molecule has 0 aliphatic rings. The zero-order valence-corrected chi connectivity index (χ0v) is 9.18. The highest BCUT2D eigenvalue weighted by Crippen LogP contribution is 2.14. The summed E-state index contributed by atoms with van der Waals surface area (Å²) in [5.41, 5.74) is 3.05. The maximum Gasteiger partial charge on any atom is 0.160 e. The van der Waals surface area contributed by atoms with Crippen LogP contribution in [0.25, 0.3) is 0 Å². The van der Waals surface area contributed by atoms with Crippen molar-refractivity contribution in [3.05, 3.63) is 65.5 Å². The Hall–Kier alpha value is -1.96. The molecule has 0 spiro atoms. The van der Waals surface area contributed by atoms with Gasteiger partial charge in [-0.1, -0.05) is 24.3 Å². The van der Waals surface area contributed by atoms with Crippen LogP contribution in [0.1, 0.15) is 28.4 Å². The fourth-order valence-electron chi connectivity index (χ4n) is 1.74. The fourth-order valence-corrected chi connectivity index (χ4v) is 1.74. The number of Topliss-reactive ketones (excluding diaryl/α,β-unsaturated/α-hetero) is 1. The lowest BCUT2D eigenvalue weighted by molar-refractivity contribution is 0.101. The number of hydrogen-bond donors (Lipinski definition) is 0. The summed E-state index contributed by atoms with van der Waals surface area (Å²) in [7, 11) is 0. The SMILES string of the molecule is CC(=O)c1ccccc1Cc1ccncc1. The van der Waals surface area contributed by atoms with Crippen LogP contribution in [0.4, 0.5) is 0 Å². The van der Waals surface area contributed by atoms with Crippen molar-refractivity contribution in [2.45, 2.75) is 13.3 Å². The van der Waals surface area contributed by atoms with E-state index in [-0.39, 0.29) is 5.78 Å². The molecule has 0 N–H and O–H groups in total. The first-order valence-corrected chi connectivity index (χ1v) is 5.25. The van der Waals surface area contributed by atoms with E-state index < -0.39 is 0 Å². The Morgan fingerprint density at radius 1 is 1.12 bits per heavy atom. The average Bonchev–Trinajstić information content (AvgIpc) is 2.31. The van der Waals surface area contributed by atoms with Gasteiger partial charge in [0.15, 0.2) is 5.78 Å². The van der Waals surface area contributed by atoms with Crippen molar-refractivity contribution < 1.29 is 4.79 Å². The Morgan fingerprint density at radius 3 is 2.50 bits per heavy atom. The molecule has 0 aliphatic heterocycles. The number of hydrogen-bond acceptors (Lipinski definition) is 2. The van der Waals surface area contributed by atoms with Gasteiger partial charge in [0, 0.05) is 18.0 Å². The Kier molecular flexibility index (Phi) is 3.10. The van der Waals surface area contributed by atoms with Gasteiger partial charge >= 0.3 is 0 Å². The molecule has 0 radical (unpaired) electrons. The lowest BCUT2D eigenvalue weighted by Gasteiger charge is -2.06. The monoisotopic (exact) mass is 211 g/mol. The van der Waals surface area contributed by atoms with Crippen molar-refractivity contribution in [3.63, 3.8) is 0 Å². The summed E-state index contributed by atoms with van der Waals surface area (Å²) in [4.78, 5) is 15.4. The molecule has 0 fully saturated rings. The second kappa shape index (κ2) is 4.71. The summed E-state index contributed by atoms with van der Waals surface area (Å²) in [5, 5.41) is 0. The van der Waals surface area contributed by atoms with Gasteiger partial charge in [-0.05, 0) is 36.6 Å². The largest absolute Gasteiger partial charge is 0.295 e. The van der Waals surface area contributed by atoms with Gasteiger partial charge in [-0.2, -0.15) is 0 Å². The van der Waals surface area contributed by atoms with Gasteiger partial charge in [0.05, 0.1) is 0 Å². The van der Waals surface area contributed by atoms with Crippen LogP contribution in [0, 0.1) is 0 Å². The topological polar surface area (TPSA) is 30.0 Å². The number of benzene rings is 1. The molecule has 0 atom stereocenters. The van der Waals surface area contributed by atoms with Gasteiger partial charge < -0.3 is 0 Å². The lowest BCUT2D eigenvalue weighted by Crippen LogP contribution is -2.00. The molecule has 16 heavy (non-hydrogen) atoms. The number of nitrogens with zero attached hydrogens (tertiary/aromatic N) is 1. The van der Waals surface area contributed by atoms with E-state index >= 15 is 0 Å². The summed E-state index contributed by atoms with van der Waals surface area (Å²) in [6, 6.07) is 11.7. The van der Waals surface area contributed by atoms with Gasteiger partial charge in [0.25, 0.3) is 0 Å². The van der Waals surface area contributed by atoms with Crippen molar-refractivity contribution in [1.29, 1.82) is 0 Å². The Bertz CT molecular complexity index is 491.